The number of hydrogen-bond donors (Lipinski definition) is 1. The van der Waals surface area contributed by atoms with Crippen molar-refractivity contribution in [3.63, 3.8) is 0 Å². The predicted octanol–water partition coefficient (Wildman–Crippen LogP) is 1.89. The van der Waals surface area contributed by atoms with Gasteiger partial charge >= 0.3 is 0 Å². The smallest absolute Gasteiger partial charge is 0.0635 e. The summed E-state index contributed by atoms with van der Waals surface area (Å²) in [5.41, 5.74) is 1.17. The van der Waals surface area contributed by atoms with Crippen LogP contribution in [0.15, 0.2) is 10.7 Å². The van der Waals surface area contributed by atoms with E-state index in [4.69, 9.17) is 0 Å². The van der Waals surface area contributed by atoms with E-state index >= 15 is 0 Å². The highest BCUT2D eigenvalue weighted by Gasteiger charge is 2.29. The Balaban J connectivity index is 1.90. The van der Waals surface area contributed by atoms with E-state index in [1.165, 1.54) is 18.5 Å². The third-order valence-corrected chi connectivity index (χ3v) is 3.52. The molecule has 1 aromatic rings. The third kappa shape index (κ3) is 2.17. The van der Waals surface area contributed by atoms with Crippen molar-refractivity contribution in [2.24, 2.45) is 13.0 Å². The van der Waals surface area contributed by atoms with Crippen molar-refractivity contribution >= 4 is 15.9 Å². The minimum Gasteiger partial charge on any atom is -0.393 e. The minimum absolute atomic E-state index is 0.114. The Morgan fingerprint density at radius 3 is 2.93 bits per heavy atom. The Labute approximate surface area is 92.2 Å². The lowest BCUT2D eigenvalue weighted by Crippen LogP contribution is -2.11. The summed E-state index contributed by atoms with van der Waals surface area (Å²) in [7, 11) is 1.93. The summed E-state index contributed by atoms with van der Waals surface area (Å²) >= 11 is 3.45. The molecule has 0 saturated heterocycles. The van der Waals surface area contributed by atoms with E-state index in [0.717, 1.165) is 17.3 Å². The minimum atomic E-state index is -0.114. The molecule has 0 aliphatic heterocycles. The monoisotopic (exact) mass is 258 g/mol. The molecule has 1 aliphatic rings. The van der Waals surface area contributed by atoms with Gasteiger partial charge in [-0.25, -0.2) is 0 Å². The second-order valence-electron chi connectivity index (χ2n) is 4.01. The topological polar surface area (TPSA) is 38.0 Å². The highest BCUT2D eigenvalue weighted by molar-refractivity contribution is 9.10. The number of halogens is 1. The first-order chi connectivity index (χ1) is 6.68. The zero-order chi connectivity index (χ0) is 10.1. The van der Waals surface area contributed by atoms with Gasteiger partial charge in [0.15, 0.2) is 0 Å². The quantitative estimate of drug-likeness (QED) is 0.896. The van der Waals surface area contributed by atoms with Gasteiger partial charge < -0.3 is 5.11 Å². The first kappa shape index (κ1) is 10.2. The summed E-state index contributed by atoms with van der Waals surface area (Å²) < 4.78 is 2.91. The standard InChI is InChI=1S/C10H15BrN2O/c1-13-9(8(11)6-12-13)4-5-10(14)7-2-3-7/h6-7,10,14H,2-5H2,1H3. The van der Waals surface area contributed by atoms with Gasteiger partial charge in [0.2, 0.25) is 0 Å². The van der Waals surface area contributed by atoms with Crippen LogP contribution < -0.4 is 0 Å². The van der Waals surface area contributed by atoms with Crippen LogP contribution in [-0.4, -0.2) is 21.0 Å². The Morgan fingerprint density at radius 2 is 2.43 bits per heavy atom. The second kappa shape index (κ2) is 4.03. The zero-order valence-corrected chi connectivity index (χ0v) is 9.87. The maximum Gasteiger partial charge on any atom is 0.0635 e. The van der Waals surface area contributed by atoms with E-state index in [1.807, 2.05) is 11.7 Å². The molecule has 1 saturated carbocycles. The largest absolute Gasteiger partial charge is 0.393 e. The van der Waals surface area contributed by atoms with Crippen molar-refractivity contribution in [2.45, 2.75) is 31.8 Å². The van der Waals surface area contributed by atoms with Crippen LogP contribution in [0, 0.1) is 5.92 Å². The van der Waals surface area contributed by atoms with E-state index in [-0.39, 0.29) is 6.10 Å². The summed E-state index contributed by atoms with van der Waals surface area (Å²) in [6.45, 7) is 0. The van der Waals surface area contributed by atoms with Crippen LogP contribution in [0.3, 0.4) is 0 Å². The molecule has 1 atom stereocenters. The lowest BCUT2D eigenvalue weighted by molar-refractivity contribution is 0.141. The van der Waals surface area contributed by atoms with E-state index in [1.54, 1.807) is 6.20 Å². The van der Waals surface area contributed by atoms with Crippen LogP contribution in [-0.2, 0) is 13.5 Å². The Hall–Kier alpha value is -0.350. The van der Waals surface area contributed by atoms with Crippen molar-refractivity contribution in [1.82, 2.24) is 9.78 Å². The average molecular weight is 259 g/mol. The molecule has 0 amide bonds. The van der Waals surface area contributed by atoms with Gasteiger partial charge in [-0.3, -0.25) is 4.68 Å². The normalized spacial score (nSPS) is 18.5. The summed E-state index contributed by atoms with van der Waals surface area (Å²) in [6, 6.07) is 0. The molecule has 1 unspecified atom stereocenters. The van der Waals surface area contributed by atoms with Crippen LogP contribution in [0.5, 0.6) is 0 Å². The number of aliphatic hydroxyl groups is 1. The van der Waals surface area contributed by atoms with Gasteiger partial charge in [0, 0.05) is 7.05 Å². The number of aromatic nitrogens is 2. The lowest BCUT2D eigenvalue weighted by Gasteiger charge is -2.09. The number of aryl methyl sites for hydroxylation is 1. The zero-order valence-electron chi connectivity index (χ0n) is 8.28. The molecule has 1 heterocycles. The lowest BCUT2D eigenvalue weighted by atomic mass is 10.1. The summed E-state index contributed by atoms with van der Waals surface area (Å²) in [6.07, 6.45) is 5.84. The molecule has 78 valence electrons. The maximum absolute atomic E-state index is 9.72. The second-order valence-corrected chi connectivity index (χ2v) is 4.86. The van der Waals surface area contributed by atoms with Gasteiger partial charge in [0.25, 0.3) is 0 Å². The third-order valence-electron chi connectivity index (χ3n) is 2.85. The number of hydrogen-bond acceptors (Lipinski definition) is 2. The van der Waals surface area contributed by atoms with Gasteiger partial charge in [-0.2, -0.15) is 5.10 Å². The SMILES string of the molecule is Cn1ncc(Br)c1CCC(O)C1CC1. The van der Waals surface area contributed by atoms with Crippen molar-refractivity contribution in [3.05, 3.63) is 16.4 Å². The average Bonchev–Trinajstić information content (AvgIpc) is 2.93. The first-order valence-electron chi connectivity index (χ1n) is 5.03. The van der Waals surface area contributed by atoms with E-state index < -0.39 is 0 Å². The predicted molar refractivity (Wildman–Crippen MR) is 58.0 cm³/mol. The molecule has 1 aromatic heterocycles. The fourth-order valence-corrected chi connectivity index (χ4v) is 2.27. The fraction of sp³-hybridized carbons (Fsp3) is 0.700. The molecule has 0 aromatic carbocycles. The molecule has 2 rings (SSSR count). The maximum atomic E-state index is 9.72. The molecule has 1 fully saturated rings. The summed E-state index contributed by atoms with van der Waals surface area (Å²) in [5.74, 6) is 0.571. The van der Waals surface area contributed by atoms with Crippen LogP contribution in [0.25, 0.3) is 0 Å². The van der Waals surface area contributed by atoms with E-state index in [9.17, 15) is 5.11 Å². The Bertz CT molecular complexity index is 300. The molecular formula is C10H15BrN2O. The highest BCUT2D eigenvalue weighted by Crippen LogP contribution is 2.34. The Morgan fingerprint density at radius 1 is 1.71 bits per heavy atom. The molecule has 0 radical (unpaired) electrons. The molecule has 1 aliphatic carbocycles. The van der Waals surface area contributed by atoms with Crippen molar-refractivity contribution in [1.29, 1.82) is 0 Å². The summed E-state index contributed by atoms with van der Waals surface area (Å²) in [5, 5.41) is 13.9. The molecule has 0 bridgehead atoms. The molecule has 0 spiro atoms. The molecule has 14 heavy (non-hydrogen) atoms. The Kier molecular flexibility index (Phi) is 2.93. The van der Waals surface area contributed by atoms with Gasteiger partial charge in [0.05, 0.1) is 22.5 Å². The number of rotatable bonds is 4. The first-order valence-corrected chi connectivity index (χ1v) is 5.82. The van der Waals surface area contributed by atoms with E-state index in [2.05, 4.69) is 21.0 Å². The van der Waals surface area contributed by atoms with Gasteiger partial charge in [-0.1, -0.05) is 0 Å². The highest BCUT2D eigenvalue weighted by atomic mass is 79.9. The molecule has 4 heteroatoms. The van der Waals surface area contributed by atoms with E-state index in [0.29, 0.717) is 5.92 Å². The van der Waals surface area contributed by atoms with Gasteiger partial charge in [-0.05, 0) is 47.5 Å². The van der Waals surface area contributed by atoms with Gasteiger partial charge in [-0.15, -0.1) is 0 Å². The van der Waals surface area contributed by atoms with Crippen LogP contribution in [0.1, 0.15) is 25.0 Å². The van der Waals surface area contributed by atoms with Crippen LogP contribution >= 0.6 is 15.9 Å². The molecule has 1 N–H and O–H groups in total. The number of nitrogens with zero attached hydrogens (tertiary/aromatic N) is 2. The van der Waals surface area contributed by atoms with Crippen LogP contribution in [0.4, 0.5) is 0 Å². The van der Waals surface area contributed by atoms with Crippen molar-refractivity contribution in [2.75, 3.05) is 0 Å². The molecular weight excluding hydrogens is 244 g/mol. The fourth-order valence-electron chi connectivity index (χ4n) is 1.72. The van der Waals surface area contributed by atoms with Crippen LogP contribution in [0.2, 0.25) is 0 Å². The number of aliphatic hydroxyl groups excluding tert-OH is 1. The van der Waals surface area contributed by atoms with Gasteiger partial charge in [0.1, 0.15) is 0 Å². The van der Waals surface area contributed by atoms with Crippen molar-refractivity contribution in [3.8, 4) is 0 Å². The molecule has 3 nitrogen and oxygen atoms in total. The van der Waals surface area contributed by atoms with Crippen molar-refractivity contribution < 1.29 is 5.11 Å². The summed E-state index contributed by atoms with van der Waals surface area (Å²) in [4.78, 5) is 0.